The molecule has 126 valence electrons. The van der Waals surface area contributed by atoms with Gasteiger partial charge in [0.25, 0.3) is 11.8 Å². The number of carbonyl (C=O) groups is 2. The number of carbonyl (C=O) groups excluding carboxylic acids is 2. The second-order valence-corrected chi connectivity index (χ2v) is 7.62. The first-order valence-electron chi connectivity index (χ1n) is 7.47. The molecule has 2 fully saturated rings. The van der Waals surface area contributed by atoms with Crippen molar-refractivity contribution in [2.24, 2.45) is 0 Å². The zero-order valence-corrected chi connectivity index (χ0v) is 13.3. The lowest BCUT2D eigenvalue weighted by Crippen LogP contribution is -2.56. The van der Waals surface area contributed by atoms with E-state index in [0.717, 1.165) is 12.8 Å². The van der Waals surface area contributed by atoms with E-state index in [1.165, 1.54) is 17.2 Å². The van der Waals surface area contributed by atoms with Crippen LogP contribution < -0.4 is 4.72 Å². The topological polar surface area (TPSA) is 106 Å². The zero-order valence-electron chi connectivity index (χ0n) is 12.4. The zero-order chi connectivity index (χ0) is 16.4. The normalized spacial score (nSPS) is 22.4. The van der Waals surface area contributed by atoms with Crippen LogP contribution in [0.4, 0.5) is 0 Å². The minimum Gasteiger partial charge on any atom is -0.459 e. The van der Waals surface area contributed by atoms with Crippen LogP contribution in [0.2, 0.25) is 0 Å². The number of furan rings is 1. The predicted molar refractivity (Wildman–Crippen MR) is 79.1 cm³/mol. The van der Waals surface area contributed by atoms with Gasteiger partial charge in [-0.05, 0) is 31.4 Å². The lowest BCUT2D eigenvalue weighted by atomic mass is 10.0. The Kier molecular flexibility index (Phi) is 4.40. The van der Waals surface area contributed by atoms with E-state index in [4.69, 9.17) is 9.15 Å². The summed E-state index contributed by atoms with van der Waals surface area (Å²) in [6.45, 7) is 0.564. The Labute approximate surface area is 133 Å². The van der Waals surface area contributed by atoms with Crippen molar-refractivity contribution in [3.8, 4) is 0 Å². The molecular formula is C14H18N2O6S. The molecule has 0 aromatic carbocycles. The number of likely N-dealkylation sites (tertiary alicyclic amines) is 1. The SMILES string of the molecule is O=C(NS(=O)(=O)C1COC1)C1CCCCN1C(=O)c1ccco1. The third kappa shape index (κ3) is 3.25. The highest BCUT2D eigenvalue weighted by atomic mass is 32.2. The molecule has 0 bridgehead atoms. The molecule has 1 atom stereocenters. The van der Waals surface area contributed by atoms with E-state index in [1.54, 1.807) is 6.07 Å². The molecule has 0 saturated carbocycles. The van der Waals surface area contributed by atoms with Crippen molar-refractivity contribution in [1.29, 1.82) is 0 Å². The van der Waals surface area contributed by atoms with Gasteiger partial charge in [-0.25, -0.2) is 8.42 Å². The molecule has 1 unspecified atom stereocenters. The van der Waals surface area contributed by atoms with E-state index in [1.807, 2.05) is 0 Å². The summed E-state index contributed by atoms with van der Waals surface area (Å²) in [5, 5.41) is -0.704. The molecule has 3 rings (SSSR count). The van der Waals surface area contributed by atoms with Gasteiger partial charge < -0.3 is 14.1 Å². The molecule has 0 spiro atoms. The quantitative estimate of drug-likeness (QED) is 0.833. The first kappa shape index (κ1) is 16.0. The van der Waals surface area contributed by atoms with E-state index in [-0.39, 0.29) is 19.0 Å². The third-order valence-corrected chi connectivity index (χ3v) is 5.72. The van der Waals surface area contributed by atoms with Crippen molar-refractivity contribution in [3.63, 3.8) is 0 Å². The van der Waals surface area contributed by atoms with Gasteiger partial charge in [-0.15, -0.1) is 0 Å². The number of nitrogens with one attached hydrogen (secondary N) is 1. The molecule has 1 N–H and O–H groups in total. The summed E-state index contributed by atoms with van der Waals surface area (Å²) in [7, 11) is -3.76. The number of hydrogen-bond donors (Lipinski definition) is 1. The standard InChI is InChI=1S/C14H18N2O6S/c17-13(15-23(19,20)10-8-21-9-10)11-4-1-2-6-16(11)14(18)12-5-3-7-22-12/h3,5,7,10-11H,1-2,4,6,8-9H2,(H,15,17). The Bertz CT molecular complexity index is 680. The number of hydrogen-bond acceptors (Lipinski definition) is 6. The minimum atomic E-state index is -3.76. The van der Waals surface area contributed by atoms with E-state index < -0.39 is 33.1 Å². The van der Waals surface area contributed by atoms with Gasteiger partial charge in [-0.3, -0.25) is 14.3 Å². The maximum Gasteiger partial charge on any atom is 0.290 e. The predicted octanol–water partition coefficient (Wildman–Crippen LogP) is 0.119. The number of nitrogens with zero attached hydrogens (tertiary/aromatic N) is 1. The fourth-order valence-corrected chi connectivity index (χ4v) is 3.81. The van der Waals surface area contributed by atoms with Gasteiger partial charge in [0.2, 0.25) is 10.0 Å². The molecular weight excluding hydrogens is 324 g/mol. The highest BCUT2D eigenvalue weighted by Crippen LogP contribution is 2.21. The lowest BCUT2D eigenvalue weighted by molar-refractivity contribution is -0.124. The molecule has 1 aromatic heterocycles. The summed E-state index contributed by atoms with van der Waals surface area (Å²) >= 11 is 0. The average Bonchev–Trinajstić information content (AvgIpc) is 2.97. The summed E-state index contributed by atoms with van der Waals surface area (Å²) in [5.41, 5.74) is 0. The summed E-state index contributed by atoms with van der Waals surface area (Å²) in [6.07, 6.45) is 3.33. The lowest BCUT2D eigenvalue weighted by Gasteiger charge is -2.34. The van der Waals surface area contributed by atoms with Crippen LogP contribution in [-0.2, 0) is 19.6 Å². The summed E-state index contributed by atoms with van der Waals surface area (Å²) in [6, 6.07) is 2.30. The molecule has 2 aliphatic heterocycles. The van der Waals surface area contributed by atoms with Crippen LogP contribution in [0.15, 0.2) is 22.8 Å². The van der Waals surface area contributed by atoms with Gasteiger partial charge in [0.05, 0.1) is 19.5 Å². The van der Waals surface area contributed by atoms with Gasteiger partial charge in [-0.1, -0.05) is 0 Å². The number of amides is 2. The van der Waals surface area contributed by atoms with Gasteiger partial charge >= 0.3 is 0 Å². The fourth-order valence-electron chi connectivity index (χ4n) is 2.67. The Morgan fingerprint density at radius 2 is 2.04 bits per heavy atom. The summed E-state index contributed by atoms with van der Waals surface area (Å²) < 4.78 is 36.1. The molecule has 23 heavy (non-hydrogen) atoms. The smallest absolute Gasteiger partial charge is 0.290 e. The summed E-state index contributed by atoms with van der Waals surface area (Å²) in [4.78, 5) is 26.2. The Morgan fingerprint density at radius 1 is 1.26 bits per heavy atom. The molecule has 8 nitrogen and oxygen atoms in total. The molecule has 1 aromatic rings. The first-order valence-corrected chi connectivity index (χ1v) is 9.01. The highest BCUT2D eigenvalue weighted by Gasteiger charge is 2.39. The van der Waals surface area contributed by atoms with Crippen LogP contribution in [0.1, 0.15) is 29.8 Å². The van der Waals surface area contributed by atoms with Crippen molar-refractivity contribution in [2.45, 2.75) is 30.6 Å². The Morgan fingerprint density at radius 3 is 2.65 bits per heavy atom. The maximum absolute atomic E-state index is 12.4. The second kappa shape index (κ2) is 6.32. The molecule has 0 aliphatic carbocycles. The van der Waals surface area contributed by atoms with E-state index in [9.17, 15) is 18.0 Å². The summed E-state index contributed by atoms with van der Waals surface area (Å²) in [5.74, 6) is -0.935. The third-order valence-electron chi connectivity index (χ3n) is 4.09. The largest absolute Gasteiger partial charge is 0.459 e. The van der Waals surface area contributed by atoms with Crippen molar-refractivity contribution in [1.82, 2.24) is 9.62 Å². The maximum atomic E-state index is 12.4. The average molecular weight is 342 g/mol. The monoisotopic (exact) mass is 342 g/mol. The van der Waals surface area contributed by atoms with Gasteiger partial charge in [0, 0.05) is 6.54 Å². The first-order chi connectivity index (χ1) is 11.0. The van der Waals surface area contributed by atoms with Crippen LogP contribution in [0.25, 0.3) is 0 Å². The van der Waals surface area contributed by atoms with E-state index in [0.29, 0.717) is 13.0 Å². The van der Waals surface area contributed by atoms with Crippen LogP contribution in [-0.4, -0.2) is 56.2 Å². The molecule has 2 aliphatic rings. The van der Waals surface area contributed by atoms with Crippen molar-refractivity contribution >= 4 is 21.8 Å². The Hall–Kier alpha value is -1.87. The van der Waals surface area contributed by atoms with Crippen LogP contribution in [0.5, 0.6) is 0 Å². The molecule has 9 heteroatoms. The van der Waals surface area contributed by atoms with Gasteiger partial charge in [0.15, 0.2) is 5.76 Å². The fraction of sp³-hybridized carbons (Fsp3) is 0.571. The second-order valence-electron chi connectivity index (χ2n) is 5.66. The van der Waals surface area contributed by atoms with E-state index >= 15 is 0 Å². The molecule has 3 heterocycles. The molecule has 0 radical (unpaired) electrons. The van der Waals surface area contributed by atoms with Crippen LogP contribution in [0, 0.1) is 0 Å². The molecule has 2 amide bonds. The van der Waals surface area contributed by atoms with Gasteiger partial charge in [0.1, 0.15) is 11.3 Å². The number of rotatable bonds is 4. The van der Waals surface area contributed by atoms with Crippen molar-refractivity contribution in [3.05, 3.63) is 24.2 Å². The Balaban J connectivity index is 1.73. The number of piperidine rings is 1. The van der Waals surface area contributed by atoms with Gasteiger partial charge in [-0.2, -0.15) is 0 Å². The van der Waals surface area contributed by atoms with Crippen LogP contribution >= 0.6 is 0 Å². The van der Waals surface area contributed by atoms with Crippen molar-refractivity contribution in [2.75, 3.05) is 19.8 Å². The number of ether oxygens (including phenoxy) is 1. The highest BCUT2D eigenvalue weighted by molar-refractivity contribution is 7.90. The molecule has 2 saturated heterocycles. The minimum absolute atomic E-state index is 0.0856. The van der Waals surface area contributed by atoms with E-state index in [2.05, 4.69) is 4.72 Å². The van der Waals surface area contributed by atoms with Crippen molar-refractivity contribution < 1.29 is 27.2 Å². The van der Waals surface area contributed by atoms with Crippen LogP contribution in [0.3, 0.4) is 0 Å². The number of sulfonamides is 1.